The molecule has 0 aromatic heterocycles. The van der Waals surface area contributed by atoms with E-state index in [-0.39, 0.29) is 30.5 Å². The average molecular weight is 265 g/mol. The molecule has 0 radical (unpaired) electrons. The minimum Gasteiger partial charge on any atom is -0.508 e. The fourth-order valence-corrected chi connectivity index (χ4v) is 1.79. The molecule has 0 aliphatic carbocycles. The van der Waals surface area contributed by atoms with E-state index in [0.29, 0.717) is 5.56 Å². The van der Waals surface area contributed by atoms with Crippen molar-refractivity contribution in [3.05, 3.63) is 29.8 Å². The van der Waals surface area contributed by atoms with E-state index in [9.17, 15) is 15.0 Å². The van der Waals surface area contributed by atoms with Crippen molar-refractivity contribution in [3.8, 4) is 5.75 Å². The van der Waals surface area contributed by atoms with E-state index >= 15 is 0 Å². The summed E-state index contributed by atoms with van der Waals surface area (Å²) < 4.78 is 0. The first-order chi connectivity index (χ1) is 8.86. The summed E-state index contributed by atoms with van der Waals surface area (Å²) in [4.78, 5) is 11.8. The van der Waals surface area contributed by atoms with Crippen LogP contribution < -0.4 is 5.32 Å². The second kappa shape index (κ2) is 6.57. The number of hydrogen-bond donors (Lipinski definition) is 3. The zero-order chi connectivity index (χ0) is 14.5. The lowest BCUT2D eigenvalue weighted by Gasteiger charge is -2.29. The van der Waals surface area contributed by atoms with Crippen LogP contribution in [0.3, 0.4) is 0 Å². The van der Waals surface area contributed by atoms with Crippen molar-refractivity contribution in [1.29, 1.82) is 0 Å². The summed E-state index contributed by atoms with van der Waals surface area (Å²) in [5.74, 6) is 0.0225. The van der Waals surface area contributed by atoms with Gasteiger partial charge in [0.25, 0.3) is 0 Å². The van der Waals surface area contributed by atoms with Crippen LogP contribution >= 0.6 is 0 Å². The molecular formula is C15H23NO3. The highest BCUT2D eigenvalue weighted by Gasteiger charge is 2.27. The highest BCUT2D eigenvalue weighted by molar-refractivity contribution is 5.79. The van der Waals surface area contributed by atoms with E-state index in [2.05, 4.69) is 5.32 Å². The zero-order valence-electron chi connectivity index (χ0n) is 11.8. The minimum atomic E-state index is -0.914. The number of nitrogens with one attached hydrogen (secondary N) is 1. The smallest absolute Gasteiger partial charge is 0.224 e. The van der Waals surface area contributed by atoms with Crippen LogP contribution in [0.15, 0.2) is 24.3 Å². The number of phenolic OH excluding ortho intramolecular Hbond substituents is 1. The van der Waals surface area contributed by atoms with E-state index in [0.717, 1.165) is 6.42 Å². The SMILES string of the molecule is CC[C@H](C)[C@](C)(O)CNC(=O)Cc1ccccc1O. The van der Waals surface area contributed by atoms with Crippen LogP contribution in [0.25, 0.3) is 0 Å². The van der Waals surface area contributed by atoms with Gasteiger partial charge in [-0.1, -0.05) is 38.5 Å². The molecule has 1 aromatic carbocycles. The van der Waals surface area contributed by atoms with E-state index < -0.39 is 5.60 Å². The van der Waals surface area contributed by atoms with Crippen molar-refractivity contribution in [3.63, 3.8) is 0 Å². The Labute approximate surface area is 114 Å². The van der Waals surface area contributed by atoms with Crippen molar-refractivity contribution < 1.29 is 15.0 Å². The van der Waals surface area contributed by atoms with Crippen LogP contribution in [0.4, 0.5) is 0 Å². The molecule has 0 fully saturated rings. The molecule has 19 heavy (non-hydrogen) atoms. The predicted octanol–water partition coefficient (Wildman–Crippen LogP) is 1.85. The number of amides is 1. The van der Waals surface area contributed by atoms with Gasteiger partial charge in [-0.2, -0.15) is 0 Å². The lowest BCUT2D eigenvalue weighted by Crippen LogP contribution is -2.45. The third-order valence-electron chi connectivity index (χ3n) is 3.66. The van der Waals surface area contributed by atoms with Crippen molar-refractivity contribution >= 4 is 5.91 Å². The highest BCUT2D eigenvalue weighted by atomic mass is 16.3. The molecule has 0 saturated heterocycles. The van der Waals surface area contributed by atoms with Crippen LogP contribution in [0.2, 0.25) is 0 Å². The van der Waals surface area contributed by atoms with E-state index in [4.69, 9.17) is 0 Å². The van der Waals surface area contributed by atoms with Crippen molar-refractivity contribution in [1.82, 2.24) is 5.32 Å². The second-order valence-electron chi connectivity index (χ2n) is 5.25. The molecule has 0 heterocycles. The Hall–Kier alpha value is -1.55. The largest absolute Gasteiger partial charge is 0.508 e. The lowest BCUT2D eigenvalue weighted by atomic mass is 9.88. The van der Waals surface area contributed by atoms with Gasteiger partial charge in [0.05, 0.1) is 12.0 Å². The van der Waals surface area contributed by atoms with Crippen LogP contribution in [0.5, 0.6) is 5.75 Å². The van der Waals surface area contributed by atoms with E-state index in [1.165, 1.54) is 0 Å². The number of carbonyl (C=O) groups is 1. The molecule has 0 saturated carbocycles. The zero-order valence-corrected chi connectivity index (χ0v) is 11.8. The van der Waals surface area contributed by atoms with Gasteiger partial charge in [0, 0.05) is 12.1 Å². The molecule has 0 aliphatic heterocycles. The molecule has 0 bridgehead atoms. The fourth-order valence-electron chi connectivity index (χ4n) is 1.79. The van der Waals surface area contributed by atoms with Crippen molar-refractivity contribution in [2.75, 3.05) is 6.54 Å². The first-order valence-electron chi connectivity index (χ1n) is 6.62. The molecular weight excluding hydrogens is 242 g/mol. The Bertz CT molecular complexity index is 429. The van der Waals surface area contributed by atoms with E-state index in [1.807, 2.05) is 13.8 Å². The summed E-state index contributed by atoms with van der Waals surface area (Å²) in [5, 5.41) is 22.5. The number of carbonyl (C=O) groups excluding carboxylic acids is 1. The Balaban J connectivity index is 2.51. The van der Waals surface area contributed by atoms with Gasteiger partial charge in [-0.15, -0.1) is 0 Å². The Morgan fingerprint density at radius 2 is 2.05 bits per heavy atom. The molecule has 106 valence electrons. The van der Waals surface area contributed by atoms with Crippen molar-refractivity contribution in [2.45, 2.75) is 39.2 Å². The number of para-hydroxylation sites is 1. The van der Waals surface area contributed by atoms with E-state index in [1.54, 1.807) is 31.2 Å². The number of aliphatic hydroxyl groups is 1. The Morgan fingerprint density at radius 1 is 1.42 bits per heavy atom. The van der Waals surface area contributed by atoms with Gasteiger partial charge in [0.1, 0.15) is 5.75 Å². The normalized spacial score (nSPS) is 15.6. The van der Waals surface area contributed by atoms with Crippen LogP contribution in [-0.4, -0.2) is 28.3 Å². The summed E-state index contributed by atoms with van der Waals surface area (Å²) in [6.45, 7) is 5.90. The summed E-state index contributed by atoms with van der Waals surface area (Å²) in [7, 11) is 0. The third-order valence-corrected chi connectivity index (χ3v) is 3.66. The van der Waals surface area contributed by atoms with Gasteiger partial charge < -0.3 is 15.5 Å². The third kappa shape index (κ3) is 4.56. The van der Waals surface area contributed by atoms with Gasteiger partial charge in [0.2, 0.25) is 5.91 Å². The first kappa shape index (κ1) is 15.5. The summed E-state index contributed by atoms with van der Waals surface area (Å²) in [6, 6.07) is 6.75. The Kier molecular flexibility index (Phi) is 5.36. The molecule has 1 rings (SSSR count). The maximum atomic E-state index is 11.8. The average Bonchev–Trinajstić information content (AvgIpc) is 2.38. The van der Waals surface area contributed by atoms with Gasteiger partial charge in [-0.05, 0) is 18.9 Å². The first-order valence-corrected chi connectivity index (χ1v) is 6.62. The molecule has 4 heteroatoms. The molecule has 1 aromatic rings. The number of rotatable bonds is 6. The fraction of sp³-hybridized carbons (Fsp3) is 0.533. The van der Waals surface area contributed by atoms with Crippen molar-refractivity contribution in [2.24, 2.45) is 5.92 Å². The summed E-state index contributed by atoms with van der Waals surface area (Å²) >= 11 is 0. The number of hydrogen-bond acceptors (Lipinski definition) is 3. The van der Waals surface area contributed by atoms with Gasteiger partial charge in [0.15, 0.2) is 0 Å². The maximum absolute atomic E-state index is 11.8. The number of aromatic hydroxyl groups is 1. The number of benzene rings is 1. The van der Waals surface area contributed by atoms with Crippen LogP contribution in [-0.2, 0) is 11.2 Å². The minimum absolute atomic E-state index is 0.109. The Morgan fingerprint density at radius 3 is 2.63 bits per heavy atom. The number of phenols is 1. The summed E-state index contributed by atoms with van der Waals surface area (Å²) in [6.07, 6.45) is 0.964. The monoisotopic (exact) mass is 265 g/mol. The standard InChI is InChI=1S/C15H23NO3/c1-4-11(2)15(3,19)10-16-14(18)9-12-7-5-6-8-13(12)17/h5-8,11,17,19H,4,9-10H2,1-3H3,(H,16,18)/t11-,15+/m0/s1. The topological polar surface area (TPSA) is 69.6 Å². The van der Waals surface area contributed by atoms with Crippen LogP contribution in [0.1, 0.15) is 32.8 Å². The molecule has 3 N–H and O–H groups in total. The molecule has 1 amide bonds. The van der Waals surface area contributed by atoms with Crippen LogP contribution in [0, 0.1) is 5.92 Å². The molecule has 0 aliphatic rings. The molecule has 0 unspecified atom stereocenters. The van der Waals surface area contributed by atoms with Gasteiger partial charge in [-0.3, -0.25) is 4.79 Å². The predicted molar refractivity (Wildman–Crippen MR) is 74.9 cm³/mol. The summed E-state index contributed by atoms with van der Waals surface area (Å²) in [5.41, 5.74) is -0.327. The molecule has 0 spiro atoms. The molecule has 4 nitrogen and oxygen atoms in total. The molecule has 2 atom stereocenters. The second-order valence-corrected chi connectivity index (χ2v) is 5.25. The lowest BCUT2D eigenvalue weighted by molar-refractivity contribution is -0.122. The quantitative estimate of drug-likeness (QED) is 0.735. The van der Waals surface area contributed by atoms with Gasteiger partial charge in [-0.25, -0.2) is 0 Å². The van der Waals surface area contributed by atoms with Gasteiger partial charge >= 0.3 is 0 Å². The maximum Gasteiger partial charge on any atom is 0.224 e. The highest BCUT2D eigenvalue weighted by Crippen LogP contribution is 2.19.